The normalized spacial score (nSPS) is 21.2. The summed E-state index contributed by atoms with van der Waals surface area (Å²) < 4.78 is 5.26. The molecule has 1 aliphatic rings. The molecule has 1 heterocycles. The van der Waals surface area contributed by atoms with Crippen LogP contribution in [0.25, 0.3) is 0 Å². The summed E-state index contributed by atoms with van der Waals surface area (Å²) in [7, 11) is 0. The molecular formula is C12H24N2O2. The van der Waals surface area contributed by atoms with Gasteiger partial charge >= 0.3 is 6.09 Å². The number of carbonyl (C=O) groups excluding carboxylic acids is 1. The first kappa shape index (κ1) is 13.3. The van der Waals surface area contributed by atoms with Crippen LogP contribution in [0.15, 0.2) is 0 Å². The molecule has 0 bridgehead atoms. The van der Waals surface area contributed by atoms with E-state index in [1.54, 1.807) is 0 Å². The maximum atomic E-state index is 11.9. The molecule has 1 rings (SSSR count). The SMILES string of the molecule is CCCCOC(=O)N1CCNCC1C(C)C. The van der Waals surface area contributed by atoms with Crippen molar-refractivity contribution in [3.05, 3.63) is 0 Å². The van der Waals surface area contributed by atoms with Crippen molar-refractivity contribution in [2.45, 2.75) is 39.7 Å². The molecule has 1 aliphatic heterocycles. The molecule has 0 aromatic rings. The fourth-order valence-corrected chi connectivity index (χ4v) is 1.93. The monoisotopic (exact) mass is 228 g/mol. The number of rotatable bonds is 4. The van der Waals surface area contributed by atoms with Crippen LogP contribution in [0.5, 0.6) is 0 Å². The highest BCUT2D eigenvalue weighted by atomic mass is 16.6. The van der Waals surface area contributed by atoms with Crippen LogP contribution in [0.1, 0.15) is 33.6 Å². The fourth-order valence-electron chi connectivity index (χ4n) is 1.93. The molecule has 0 radical (unpaired) electrons. The molecule has 16 heavy (non-hydrogen) atoms. The third-order valence-electron chi connectivity index (χ3n) is 3.01. The zero-order chi connectivity index (χ0) is 12.0. The first-order chi connectivity index (χ1) is 7.66. The van der Waals surface area contributed by atoms with Crippen molar-refractivity contribution in [2.75, 3.05) is 26.2 Å². The van der Waals surface area contributed by atoms with Crippen LogP contribution in [0, 0.1) is 5.92 Å². The molecule has 0 aromatic heterocycles. The van der Waals surface area contributed by atoms with Crippen molar-refractivity contribution in [3.63, 3.8) is 0 Å². The van der Waals surface area contributed by atoms with E-state index in [1.807, 2.05) is 4.90 Å². The molecule has 1 saturated heterocycles. The number of piperazine rings is 1. The summed E-state index contributed by atoms with van der Waals surface area (Å²) in [5.41, 5.74) is 0. The van der Waals surface area contributed by atoms with E-state index in [1.165, 1.54) is 0 Å². The van der Waals surface area contributed by atoms with E-state index in [0.29, 0.717) is 12.5 Å². The Morgan fingerprint density at radius 1 is 1.56 bits per heavy atom. The summed E-state index contributed by atoms with van der Waals surface area (Å²) in [5, 5.41) is 3.32. The van der Waals surface area contributed by atoms with Gasteiger partial charge in [-0.3, -0.25) is 0 Å². The lowest BCUT2D eigenvalue weighted by molar-refractivity contribution is 0.0651. The second-order valence-corrected chi connectivity index (χ2v) is 4.68. The van der Waals surface area contributed by atoms with Crippen molar-refractivity contribution in [1.29, 1.82) is 0 Å². The molecule has 1 N–H and O–H groups in total. The van der Waals surface area contributed by atoms with Gasteiger partial charge < -0.3 is 15.0 Å². The Balaban J connectivity index is 2.44. The summed E-state index contributed by atoms with van der Waals surface area (Å²) >= 11 is 0. The number of ether oxygens (including phenoxy) is 1. The van der Waals surface area contributed by atoms with Gasteiger partial charge in [0, 0.05) is 25.7 Å². The van der Waals surface area contributed by atoms with Gasteiger partial charge in [-0.25, -0.2) is 4.79 Å². The Bertz CT molecular complexity index is 219. The van der Waals surface area contributed by atoms with Gasteiger partial charge in [0.25, 0.3) is 0 Å². The zero-order valence-corrected chi connectivity index (χ0v) is 10.7. The number of hydrogen-bond acceptors (Lipinski definition) is 3. The second kappa shape index (κ2) is 6.74. The topological polar surface area (TPSA) is 41.6 Å². The summed E-state index contributed by atoms with van der Waals surface area (Å²) in [5.74, 6) is 0.464. The largest absolute Gasteiger partial charge is 0.449 e. The maximum Gasteiger partial charge on any atom is 0.410 e. The van der Waals surface area contributed by atoms with Crippen molar-refractivity contribution < 1.29 is 9.53 Å². The van der Waals surface area contributed by atoms with Crippen LogP contribution in [0.4, 0.5) is 4.79 Å². The van der Waals surface area contributed by atoms with Gasteiger partial charge in [0.15, 0.2) is 0 Å². The molecule has 4 heteroatoms. The number of nitrogens with zero attached hydrogens (tertiary/aromatic N) is 1. The number of amides is 1. The summed E-state index contributed by atoms with van der Waals surface area (Å²) in [6, 6.07) is 0.267. The van der Waals surface area contributed by atoms with E-state index in [0.717, 1.165) is 32.5 Å². The third kappa shape index (κ3) is 3.67. The Labute approximate surface area is 98.3 Å². The summed E-state index contributed by atoms with van der Waals surface area (Å²) in [4.78, 5) is 13.7. The summed E-state index contributed by atoms with van der Waals surface area (Å²) in [6.07, 6.45) is 1.86. The van der Waals surface area contributed by atoms with E-state index >= 15 is 0 Å². The van der Waals surface area contributed by atoms with E-state index in [9.17, 15) is 4.79 Å². The molecular weight excluding hydrogens is 204 g/mol. The first-order valence-corrected chi connectivity index (χ1v) is 6.31. The minimum atomic E-state index is -0.145. The van der Waals surface area contributed by atoms with Crippen LogP contribution in [0.2, 0.25) is 0 Å². The van der Waals surface area contributed by atoms with Crippen molar-refractivity contribution in [1.82, 2.24) is 10.2 Å². The molecule has 0 aromatic carbocycles. The van der Waals surface area contributed by atoms with Gasteiger partial charge in [0.2, 0.25) is 0 Å². The van der Waals surface area contributed by atoms with Gasteiger partial charge in [-0.15, -0.1) is 0 Å². The van der Waals surface area contributed by atoms with E-state index in [4.69, 9.17) is 4.74 Å². The highest BCUT2D eigenvalue weighted by Crippen LogP contribution is 2.14. The average molecular weight is 228 g/mol. The number of nitrogens with one attached hydrogen (secondary N) is 1. The lowest BCUT2D eigenvalue weighted by atomic mass is 10.0. The molecule has 94 valence electrons. The van der Waals surface area contributed by atoms with Crippen LogP contribution < -0.4 is 5.32 Å². The highest BCUT2D eigenvalue weighted by molar-refractivity contribution is 5.68. The van der Waals surface area contributed by atoms with Gasteiger partial charge in [0.1, 0.15) is 0 Å². The molecule has 0 spiro atoms. The van der Waals surface area contributed by atoms with Crippen molar-refractivity contribution >= 4 is 6.09 Å². The Hall–Kier alpha value is -0.770. The predicted octanol–water partition coefficient (Wildman–Crippen LogP) is 1.85. The quantitative estimate of drug-likeness (QED) is 0.747. The smallest absolute Gasteiger partial charge is 0.410 e. The molecule has 1 atom stereocenters. The van der Waals surface area contributed by atoms with Crippen LogP contribution in [0.3, 0.4) is 0 Å². The number of unbranched alkanes of at least 4 members (excludes halogenated alkanes) is 1. The van der Waals surface area contributed by atoms with Crippen LogP contribution in [-0.2, 0) is 4.74 Å². The fraction of sp³-hybridized carbons (Fsp3) is 0.917. The lowest BCUT2D eigenvalue weighted by Gasteiger charge is -2.37. The van der Waals surface area contributed by atoms with Gasteiger partial charge in [0.05, 0.1) is 6.61 Å². The Morgan fingerprint density at radius 3 is 2.94 bits per heavy atom. The number of hydrogen-bond donors (Lipinski definition) is 1. The molecule has 0 saturated carbocycles. The second-order valence-electron chi connectivity index (χ2n) is 4.68. The average Bonchev–Trinajstić information content (AvgIpc) is 2.29. The lowest BCUT2D eigenvalue weighted by Crippen LogP contribution is -2.55. The van der Waals surface area contributed by atoms with E-state index in [2.05, 4.69) is 26.1 Å². The van der Waals surface area contributed by atoms with Crippen LogP contribution >= 0.6 is 0 Å². The minimum absolute atomic E-state index is 0.145. The molecule has 1 unspecified atom stereocenters. The Kier molecular flexibility index (Phi) is 5.60. The van der Waals surface area contributed by atoms with E-state index < -0.39 is 0 Å². The minimum Gasteiger partial charge on any atom is -0.449 e. The molecule has 1 fully saturated rings. The molecule has 4 nitrogen and oxygen atoms in total. The van der Waals surface area contributed by atoms with Gasteiger partial charge in [-0.05, 0) is 12.3 Å². The highest BCUT2D eigenvalue weighted by Gasteiger charge is 2.29. The Morgan fingerprint density at radius 2 is 2.31 bits per heavy atom. The summed E-state index contributed by atoms with van der Waals surface area (Å²) in [6.45, 7) is 9.42. The third-order valence-corrected chi connectivity index (χ3v) is 3.01. The number of carbonyl (C=O) groups is 1. The molecule has 0 aliphatic carbocycles. The predicted molar refractivity (Wildman–Crippen MR) is 64.5 cm³/mol. The van der Waals surface area contributed by atoms with Gasteiger partial charge in [-0.1, -0.05) is 27.2 Å². The maximum absolute atomic E-state index is 11.9. The van der Waals surface area contributed by atoms with Crippen molar-refractivity contribution in [2.24, 2.45) is 5.92 Å². The standard InChI is InChI=1S/C12H24N2O2/c1-4-5-8-16-12(15)14-7-6-13-9-11(14)10(2)3/h10-11,13H,4-9H2,1-3H3. The van der Waals surface area contributed by atoms with E-state index in [-0.39, 0.29) is 12.1 Å². The zero-order valence-electron chi connectivity index (χ0n) is 10.7. The molecule has 1 amide bonds. The van der Waals surface area contributed by atoms with Gasteiger partial charge in [-0.2, -0.15) is 0 Å². The van der Waals surface area contributed by atoms with Crippen molar-refractivity contribution in [3.8, 4) is 0 Å². The first-order valence-electron chi connectivity index (χ1n) is 6.31. The van der Waals surface area contributed by atoms with Crippen LogP contribution in [-0.4, -0.2) is 43.3 Å².